The van der Waals surface area contributed by atoms with Gasteiger partial charge < -0.3 is 5.32 Å². The summed E-state index contributed by atoms with van der Waals surface area (Å²) in [6.45, 7) is 0. The molecule has 1 aliphatic heterocycles. The highest BCUT2D eigenvalue weighted by atomic mass is 35.5. The molecule has 3 aromatic carbocycles. The minimum absolute atomic E-state index is 0.00654. The number of hydrogen-bond acceptors (Lipinski definition) is 3. The van der Waals surface area contributed by atoms with Crippen LogP contribution in [0.2, 0.25) is 10.0 Å². The van der Waals surface area contributed by atoms with E-state index in [4.69, 9.17) is 23.2 Å². The number of halogens is 3. The summed E-state index contributed by atoms with van der Waals surface area (Å²) in [5.41, 5.74) is 3.20. The van der Waals surface area contributed by atoms with Crippen LogP contribution in [0, 0.1) is 5.82 Å². The van der Waals surface area contributed by atoms with Crippen LogP contribution in [-0.4, -0.2) is 18.4 Å². The van der Waals surface area contributed by atoms with Gasteiger partial charge in [-0.15, -0.1) is 11.8 Å². The Kier molecular flexibility index (Phi) is 6.99. The second-order valence-electron chi connectivity index (χ2n) is 7.14. The van der Waals surface area contributed by atoms with Crippen molar-refractivity contribution in [3.63, 3.8) is 0 Å². The Morgan fingerprint density at radius 3 is 2.59 bits per heavy atom. The molecule has 1 heterocycles. The van der Waals surface area contributed by atoms with E-state index in [0.717, 1.165) is 29.0 Å². The summed E-state index contributed by atoms with van der Waals surface area (Å²) in [5, 5.41) is 3.47. The summed E-state index contributed by atoms with van der Waals surface area (Å²) in [4.78, 5) is 18.5. The van der Waals surface area contributed by atoms with Crippen molar-refractivity contribution in [3.8, 4) is 11.1 Å². The van der Waals surface area contributed by atoms with Crippen molar-refractivity contribution in [2.45, 2.75) is 17.7 Å². The first-order valence-electron chi connectivity index (χ1n) is 9.94. The average molecular weight is 485 g/mol. The lowest BCUT2D eigenvalue weighted by Crippen LogP contribution is -2.14. The Morgan fingerprint density at radius 1 is 1.00 bits per heavy atom. The van der Waals surface area contributed by atoms with Crippen molar-refractivity contribution in [2.75, 3.05) is 11.6 Å². The lowest BCUT2D eigenvalue weighted by Gasteiger charge is -2.15. The quantitative estimate of drug-likeness (QED) is 0.372. The van der Waals surface area contributed by atoms with Crippen molar-refractivity contribution in [1.82, 2.24) is 0 Å². The third-order valence-electron chi connectivity index (χ3n) is 5.08. The van der Waals surface area contributed by atoms with Gasteiger partial charge in [0.1, 0.15) is 5.82 Å². The number of rotatable bonds is 5. The van der Waals surface area contributed by atoms with E-state index in [0.29, 0.717) is 21.8 Å². The van der Waals surface area contributed by atoms with Crippen LogP contribution < -0.4 is 5.32 Å². The van der Waals surface area contributed by atoms with E-state index in [9.17, 15) is 9.18 Å². The smallest absolute Gasteiger partial charge is 0.256 e. The van der Waals surface area contributed by atoms with Gasteiger partial charge in [-0.05, 0) is 67.1 Å². The fraction of sp³-hybridized carbons (Fsp3) is 0.120. The number of hydrogen-bond donors (Lipinski definition) is 1. The molecule has 0 saturated heterocycles. The zero-order valence-corrected chi connectivity index (χ0v) is 19.5. The molecule has 3 nitrogen and oxygen atoms in total. The van der Waals surface area contributed by atoms with Gasteiger partial charge in [0.25, 0.3) is 5.91 Å². The predicted molar refractivity (Wildman–Crippen MR) is 134 cm³/mol. The van der Waals surface area contributed by atoms with E-state index in [1.807, 2.05) is 24.6 Å². The third kappa shape index (κ3) is 4.75. The molecule has 0 spiro atoms. The maximum absolute atomic E-state index is 14.8. The van der Waals surface area contributed by atoms with Crippen molar-refractivity contribution >= 4 is 58.5 Å². The monoisotopic (exact) mass is 484 g/mol. The topological polar surface area (TPSA) is 41.5 Å². The molecule has 0 aliphatic carbocycles. The number of nitrogens with zero attached hydrogens (tertiary/aromatic N) is 1. The number of benzene rings is 3. The Labute approximate surface area is 200 Å². The van der Waals surface area contributed by atoms with Crippen LogP contribution in [-0.2, 0) is 0 Å². The molecule has 0 unspecified atom stereocenters. The summed E-state index contributed by atoms with van der Waals surface area (Å²) in [6, 6.07) is 15.3. The number of thioether (sulfide) groups is 1. The van der Waals surface area contributed by atoms with Crippen LogP contribution in [0.1, 0.15) is 28.8 Å². The SMILES string of the molecule is CSc1ccc(C(=O)Nc2ccc(Cl)c(C3=CCCC=N3)c2)c(-c2cccc(Cl)c2F)c1. The molecule has 0 saturated carbocycles. The van der Waals surface area contributed by atoms with E-state index in [1.54, 1.807) is 42.5 Å². The van der Waals surface area contributed by atoms with Gasteiger partial charge in [-0.2, -0.15) is 0 Å². The molecule has 0 bridgehead atoms. The first-order chi connectivity index (χ1) is 15.5. The van der Waals surface area contributed by atoms with Gasteiger partial charge in [0.2, 0.25) is 0 Å². The molecule has 4 rings (SSSR count). The molecule has 0 radical (unpaired) electrons. The van der Waals surface area contributed by atoms with Crippen molar-refractivity contribution in [2.24, 2.45) is 4.99 Å². The van der Waals surface area contributed by atoms with Gasteiger partial charge in [0.05, 0.1) is 15.7 Å². The largest absolute Gasteiger partial charge is 0.322 e. The van der Waals surface area contributed by atoms with E-state index < -0.39 is 5.82 Å². The van der Waals surface area contributed by atoms with Gasteiger partial charge in [0.15, 0.2) is 0 Å². The number of nitrogens with one attached hydrogen (secondary N) is 1. The zero-order valence-electron chi connectivity index (χ0n) is 17.2. The normalized spacial score (nSPS) is 13.1. The van der Waals surface area contributed by atoms with Crippen LogP contribution in [0.5, 0.6) is 0 Å². The second kappa shape index (κ2) is 9.90. The molecule has 3 aromatic rings. The average Bonchev–Trinajstić information content (AvgIpc) is 2.82. The summed E-state index contributed by atoms with van der Waals surface area (Å²) in [6.07, 6.45) is 7.59. The zero-order chi connectivity index (χ0) is 22.7. The van der Waals surface area contributed by atoms with Crippen LogP contribution in [0.15, 0.2) is 70.6 Å². The Bertz CT molecular complexity index is 1260. The fourth-order valence-electron chi connectivity index (χ4n) is 3.47. The Hall–Kier alpha value is -2.60. The summed E-state index contributed by atoms with van der Waals surface area (Å²) in [7, 11) is 0. The molecule has 32 heavy (non-hydrogen) atoms. The van der Waals surface area contributed by atoms with Crippen LogP contribution in [0.4, 0.5) is 10.1 Å². The first kappa shape index (κ1) is 22.6. The third-order valence-corrected chi connectivity index (χ3v) is 6.42. The van der Waals surface area contributed by atoms with Crippen molar-refractivity contribution < 1.29 is 9.18 Å². The number of aliphatic imine (C=N–C) groups is 1. The molecule has 1 N–H and O–H groups in total. The first-order valence-corrected chi connectivity index (χ1v) is 11.9. The van der Waals surface area contributed by atoms with Crippen LogP contribution in [0.25, 0.3) is 16.8 Å². The van der Waals surface area contributed by atoms with Gasteiger partial charge in [-0.3, -0.25) is 9.79 Å². The Morgan fingerprint density at radius 2 is 1.84 bits per heavy atom. The number of allylic oxidation sites excluding steroid dienone is 1. The highest BCUT2D eigenvalue weighted by Crippen LogP contribution is 2.34. The van der Waals surface area contributed by atoms with Crippen molar-refractivity contribution in [1.29, 1.82) is 0 Å². The molecule has 1 aliphatic rings. The predicted octanol–water partition coefficient (Wildman–Crippen LogP) is 7.98. The number of anilines is 1. The highest BCUT2D eigenvalue weighted by Gasteiger charge is 2.19. The van der Waals surface area contributed by atoms with E-state index >= 15 is 0 Å². The van der Waals surface area contributed by atoms with Gasteiger partial charge >= 0.3 is 0 Å². The molecule has 162 valence electrons. The second-order valence-corrected chi connectivity index (χ2v) is 8.83. The standard InChI is InChI=1S/C25H19Cl2FN2OS/c1-32-16-9-10-18(19(14-16)17-5-4-6-22(27)24(17)28)25(31)30-15-8-11-21(26)20(13-15)23-7-2-3-12-29-23/h4-14H,2-3H2,1H3,(H,30,31). The summed E-state index contributed by atoms with van der Waals surface area (Å²) < 4.78 is 14.8. The number of carbonyl (C=O) groups excluding carboxylic acids is 1. The number of carbonyl (C=O) groups is 1. The maximum atomic E-state index is 14.8. The van der Waals surface area contributed by atoms with Gasteiger partial charge in [-0.1, -0.05) is 41.4 Å². The van der Waals surface area contributed by atoms with Crippen LogP contribution >= 0.6 is 35.0 Å². The number of amides is 1. The molecule has 0 fully saturated rings. The molecular weight excluding hydrogens is 466 g/mol. The minimum Gasteiger partial charge on any atom is -0.322 e. The van der Waals surface area contributed by atoms with E-state index in [-0.39, 0.29) is 16.5 Å². The Balaban J connectivity index is 1.71. The summed E-state index contributed by atoms with van der Waals surface area (Å²) >= 11 is 13.9. The lowest BCUT2D eigenvalue weighted by atomic mass is 9.98. The maximum Gasteiger partial charge on any atom is 0.256 e. The highest BCUT2D eigenvalue weighted by molar-refractivity contribution is 7.98. The van der Waals surface area contributed by atoms with Crippen molar-refractivity contribution in [3.05, 3.63) is 87.7 Å². The molecular formula is C25H19Cl2FN2OS. The van der Waals surface area contributed by atoms with Crippen LogP contribution in [0.3, 0.4) is 0 Å². The lowest BCUT2D eigenvalue weighted by molar-refractivity contribution is 0.102. The molecule has 7 heteroatoms. The molecule has 0 atom stereocenters. The molecule has 1 amide bonds. The minimum atomic E-state index is -0.558. The van der Waals surface area contributed by atoms with Gasteiger partial charge in [0, 0.05) is 33.5 Å². The fourth-order valence-corrected chi connectivity index (χ4v) is 4.30. The van der Waals surface area contributed by atoms with Gasteiger partial charge in [-0.25, -0.2) is 4.39 Å². The summed E-state index contributed by atoms with van der Waals surface area (Å²) in [5.74, 6) is -0.918. The molecule has 0 aromatic heterocycles. The van der Waals surface area contributed by atoms with E-state index in [2.05, 4.69) is 10.3 Å². The van der Waals surface area contributed by atoms with E-state index in [1.165, 1.54) is 17.8 Å².